The number of aryl methyl sites for hydroxylation is 4. The highest BCUT2D eigenvalue weighted by Gasteiger charge is 2.14. The zero-order chi connectivity index (χ0) is 22.7. The lowest BCUT2D eigenvalue weighted by atomic mass is 9.99. The molecule has 0 aliphatic carbocycles. The van der Waals surface area contributed by atoms with Crippen molar-refractivity contribution in [3.8, 4) is 0 Å². The number of carbonyl (C=O) groups excluding carboxylic acids is 1. The summed E-state index contributed by atoms with van der Waals surface area (Å²) in [5.41, 5.74) is 8.02. The number of aromatic nitrogens is 2. The molecule has 0 spiro atoms. The van der Waals surface area contributed by atoms with Crippen LogP contribution in [0, 0.1) is 20.8 Å². The molecule has 1 aromatic heterocycles. The lowest BCUT2D eigenvalue weighted by molar-refractivity contribution is 0.0953. The zero-order valence-electron chi connectivity index (χ0n) is 18.8. The molecule has 1 amide bonds. The van der Waals surface area contributed by atoms with E-state index >= 15 is 0 Å². The van der Waals surface area contributed by atoms with Gasteiger partial charge < -0.3 is 9.88 Å². The van der Waals surface area contributed by atoms with Crippen LogP contribution in [0.5, 0.6) is 0 Å². The minimum absolute atomic E-state index is 0.0823. The van der Waals surface area contributed by atoms with E-state index < -0.39 is 0 Å². The fraction of sp³-hybridized carbons (Fsp3) is 0.259. The average Bonchev–Trinajstić information content (AvgIpc) is 3.11. The van der Waals surface area contributed by atoms with Gasteiger partial charge in [0, 0.05) is 30.1 Å². The Labute approximate surface area is 194 Å². The number of amides is 1. The van der Waals surface area contributed by atoms with Crippen molar-refractivity contribution in [2.45, 2.75) is 40.2 Å². The fourth-order valence-electron chi connectivity index (χ4n) is 4.26. The number of carbonyl (C=O) groups is 1. The third-order valence-electron chi connectivity index (χ3n) is 5.86. The number of benzene rings is 3. The molecule has 4 aromatic rings. The second-order valence-corrected chi connectivity index (χ2v) is 8.78. The van der Waals surface area contributed by atoms with E-state index in [4.69, 9.17) is 16.6 Å². The molecule has 4 rings (SSSR count). The average molecular weight is 446 g/mol. The molecule has 3 aromatic carbocycles. The van der Waals surface area contributed by atoms with Crippen LogP contribution < -0.4 is 5.32 Å². The van der Waals surface area contributed by atoms with Gasteiger partial charge in [0.25, 0.3) is 5.91 Å². The van der Waals surface area contributed by atoms with E-state index in [9.17, 15) is 4.79 Å². The third kappa shape index (κ3) is 4.86. The molecule has 0 aliphatic heterocycles. The van der Waals surface area contributed by atoms with Crippen molar-refractivity contribution in [1.29, 1.82) is 0 Å². The van der Waals surface area contributed by atoms with Gasteiger partial charge in [0.05, 0.1) is 11.0 Å². The topological polar surface area (TPSA) is 46.9 Å². The Hall–Kier alpha value is -3.11. The van der Waals surface area contributed by atoms with Gasteiger partial charge >= 0.3 is 0 Å². The molecular weight excluding hydrogens is 418 g/mol. The highest BCUT2D eigenvalue weighted by molar-refractivity contribution is 6.30. The summed E-state index contributed by atoms with van der Waals surface area (Å²) in [5.74, 6) is 0.965. The van der Waals surface area contributed by atoms with Crippen molar-refractivity contribution in [2.75, 3.05) is 6.54 Å². The van der Waals surface area contributed by atoms with Gasteiger partial charge in [0.2, 0.25) is 0 Å². The number of halogens is 1. The predicted octanol–water partition coefficient (Wildman–Crippen LogP) is 6.03. The quantitative estimate of drug-likeness (QED) is 0.353. The van der Waals surface area contributed by atoms with E-state index in [1.54, 1.807) is 24.3 Å². The summed E-state index contributed by atoms with van der Waals surface area (Å²) in [5, 5.41) is 3.62. The lowest BCUT2D eigenvalue weighted by Gasteiger charge is -2.15. The number of rotatable bonds is 7. The van der Waals surface area contributed by atoms with Crippen molar-refractivity contribution in [2.24, 2.45) is 0 Å². The fourth-order valence-corrected chi connectivity index (χ4v) is 4.39. The summed E-state index contributed by atoms with van der Waals surface area (Å²) >= 11 is 5.90. The van der Waals surface area contributed by atoms with Gasteiger partial charge in [0.1, 0.15) is 5.82 Å². The Bertz CT molecular complexity index is 1230. The molecule has 0 unspecified atom stereocenters. The molecule has 1 heterocycles. The van der Waals surface area contributed by atoms with Crippen LogP contribution >= 0.6 is 11.6 Å². The Morgan fingerprint density at radius 2 is 1.69 bits per heavy atom. The summed E-state index contributed by atoms with van der Waals surface area (Å²) in [6, 6.07) is 19.7. The molecule has 0 saturated heterocycles. The third-order valence-corrected chi connectivity index (χ3v) is 6.11. The van der Waals surface area contributed by atoms with E-state index in [-0.39, 0.29) is 5.91 Å². The van der Waals surface area contributed by atoms with Gasteiger partial charge in [-0.15, -0.1) is 0 Å². The summed E-state index contributed by atoms with van der Waals surface area (Å²) in [6.07, 6.45) is 1.61. The second kappa shape index (κ2) is 9.58. The lowest BCUT2D eigenvalue weighted by Crippen LogP contribution is -2.25. The van der Waals surface area contributed by atoms with Gasteiger partial charge in [-0.05, 0) is 80.3 Å². The van der Waals surface area contributed by atoms with Gasteiger partial charge in [0.15, 0.2) is 0 Å². The summed E-state index contributed by atoms with van der Waals surface area (Å²) in [7, 11) is 0. The maximum Gasteiger partial charge on any atom is 0.251 e. The van der Waals surface area contributed by atoms with E-state index in [1.165, 1.54) is 22.3 Å². The minimum Gasteiger partial charge on any atom is -0.352 e. The molecule has 4 nitrogen and oxygen atoms in total. The van der Waals surface area contributed by atoms with Crippen molar-refractivity contribution in [3.05, 3.63) is 99.3 Å². The smallest absolute Gasteiger partial charge is 0.251 e. The van der Waals surface area contributed by atoms with Crippen molar-refractivity contribution in [3.63, 3.8) is 0 Å². The van der Waals surface area contributed by atoms with E-state index in [0.29, 0.717) is 17.1 Å². The second-order valence-electron chi connectivity index (χ2n) is 8.35. The first-order valence-corrected chi connectivity index (χ1v) is 11.3. The van der Waals surface area contributed by atoms with Gasteiger partial charge in [-0.2, -0.15) is 0 Å². The van der Waals surface area contributed by atoms with Crippen LogP contribution in [-0.2, 0) is 13.0 Å². The molecule has 0 bridgehead atoms. The van der Waals surface area contributed by atoms with Gasteiger partial charge in [-0.3, -0.25) is 4.79 Å². The molecule has 5 heteroatoms. The normalized spacial score (nSPS) is 11.1. The molecule has 32 heavy (non-hydrogen) atoms. The molecular formula is C27H28ClN3O. The first-order chi connectivity index (χ1) is 15.4. The van der Waals surface area contributed by atoms with E-state index in [2.05, 4.69) is 61.0 Å². The monoisotopic (exact) mass is 445 g/mol. The summed E-state index contributed by atoms with van der Waals surface area (Å²) < 4.78 is 2.32. The SMILES string of the molecule is Cc1cc(C)c(Cn2c(CCCNC(=O)c3ccc(Cl)cc3)nc3ccccc32)c(C)c1. The first kappa shape index (κ1) is 22.1. The maximum absolute atomic E-state index is 12.3. The van der Waals surface area contributed by atoms with Gasteiger partial charge in [-0.1, -0.05) is 41.4 Å². The molecule has 0 atom stereocenters. The van der Waals surface area contributed by atoms with Crippen LogP contribution in [0.2, 0.25) is 5.02 Å². The predicted molar refractivity (Wildman–Crippen MR) is 132 cm³/mol. The Balaban J connectivity index is 1.49. The molecule has 0 radical (unpaired) electrons. The number of para-hydroxylation sites is 2. The van der Waals surface area contributed by atoms with Crippen molar-refractivity contribution in [1.82, 2.24) is 14.9 Å². The number of nitrogens with one attached hydrogen (secondary N) is 1. The van der Waals surface area contributed by atoms with Crippen molar-refractivity contribution < 1.29 is 4.79 Å². The van der Waals surface area contributed by atoms with Crippen LogP contribution in [0.15, 0.2) is 60.7 Å². The number of hydrogen-bond donors (Lipinski definition) is 1. The van der Waals surface area contributed by atoms with Gasteiger partial charge in [-0.25, -0.2) is 4.98 Å². The number of imidazole rings is 1. The largest absolute Gasteiger partial charge is 0.352 e. The Morgan fingerprint density at radius 1 is 1.00 bits per heavy atom. The first-order valence-electron chi connectivity index (χ1n) is 11.0. The van der Waals surface area contributed by atoms with Crippen LogP contribution in [0.3, 0.4) is 0 Å². The Kier molecular flexibility index (Phi) is 6.61. The molecule has 164 valence electrons. The molecule has 0 saturated carbocycles. The zero-order valence-corrected chi connectivity index (χ0v) is 19.5. The Morgan fingerprint density at radius 3 is 2.41 bits per heavy atom. The number of hydrogen-bond acceptors (Lipinski definition) is 2. The van der Waals surface area contributed by atoms with Crippen molar-refractivity contribution >= 4 is 28.5 Å². The van der Waals surface area contributed by atoms with Crippen LogP contribution in [0.25, 0.3) is 11.0 Å². The summed E-state index contributed by atoms with van der Waals surface area (Å²) in [4.78, 5) is 17.2. The highest BCUT2D eigenvalue weighted by Crippen LogP contribution is 2.23. The maximum atomic E-state index is 12.3. The number of nitrogens with zero attached hydrogens (tertiary/aromatic N) is 2. The minimum atomic E-state index is -0.0823. The molecule has 0 aliphatic rings. The van der Waals surface area contributed by atoms with Crippen LogP contribution in [-0.4, -0.2) is 22.0 Å². The standard InChI is InChI=1S/C27H28ClN3O/c1-18-15-19(2)23(20(3)16-18)17-31-25-8-5-4-7-24(25)30-26(31)9-6-14-29-27(32)21-10-12-22(28)13-11-21/h4-5,7-8,10-13,15-16H,6,9,14,17H2,1-3H3,(H,29,32). The van der Waals surface area contributed by atoms with Crippen LogP contribution in [0.1, 0.15) is 44.9 Å². The van der Waals surface area contributed by atoms with E-state index in [0.717, 1.165) is 36.2 Å². The number of fused-ring (bicyclic) bond motifs is 1. The molecule has 0 fully saturated rings. The van der Waals surface area contributed by atoms with E-state index in [1.807, 2.05) is 6.07 Å². The highest BCUT2D eigenvalue weighted by atomic mass is 35.5. The summed E-state index contributed by atoms with van der Waals surface area (Å²) in [6.45, 7) is 7.89. The molecule has 1 N–H and O–H groups in total. The van der Waals surface area contributed by atoms with Crippen LogP contribution in [0.4, 0.5) is 0 Å².